The van der Waals surface area contributed by atoms with Crippen molar-refractivity contribution in [3.8, 4) is 0 Å². The molecule has 0 saturated heterocycles. The van der Waals surface area contributed by atoms with E-state index < -0.39 is 5.41 Å². The number of carbonyl (C=O) groups excluding carboxylic acids is 2. The molecule has 0 radical (unpaired) electrons. The van der Waals surface area contributed by atoms with Crippen molar-refractivity contribution < 1.29 is 9.59 Å². The molecule has 2 aromatic carbocycles. The van der Waals surface area contributed by atoms with Crippen molar-refractivity contribution in [1.82, 2.24) is 0 Å². The van der Waals surface area contributed by atoms with E-state index in [2.05, 4.69) is 0 Å². The molecule has 0 N–H and O–H groups in total. The summed E-state index contributed by atoms with van der Waals surface area (Å²) in [7, 11) is 0. The van der Waals surface area contributed by atoms with Gasteiger partial charge >= 0.3 is 0 Å². The van der Waals surface area contributed by atoms with E-state index in [1.165, 1.54) is 6.92 Å². The first-order chi connectivity index (χ1) is 10.6. The average Bonchev–Trinajstić information content (AvgIpc) is 2.47. The van der Waals surface area contributed by atoms with Gasteiger partial charge in [-0.25, -0.2) is 0 Å². The highest BCUT2D eigenvalue weighted by molar-refractivity contribution is 7.99. The molecule has 1 aliphatic carbocycles. The third kappa shape index (κ3) is 2.64. The SMILES string of the molecule is CC(=O)C1(C(=O)c2ccc(Sc3ccccc3)cc2)C=CC1. The van der Waals surface area contributed by atoms with Crippen LogP contribution in [0.25, 0.3) is 0 Å². The second kappa shape index (κ2) is 5.93. The van der Waals surface area contributed by atoms with Crippen LogP contribution in [0, 0.1) is 5.41 Å². The Balaban J connectivity index is 1.78. The summed E-state index contributed by atoms with van der Waals surface area (Å²) in [6, 6.07) is 17.6. The van der Waals surface area contributed by atoms with Crippen LogP contribution in [0.2, 0.25) is 0 Å². The van der Waals surface area contributed by atoms with Crippen LogP contribution < -0.4 is 0 Å². The summed E-state index contributed by atoms with van der Waals surface area (Å²) in [5.41, 5.74) is -0.328. The summed E-state index contributed by atoms with van der Waals surface area (Å²) in [5.74, 6) is -0.179. The first kappa shape index (κ1) is 14.8. The summed E-state index contributed by atoms with van der Waals surface area (Å²) in [6.45, 7) is 1.49. The molecule has 1 unspecified atom stereocenters. The summed E-state index contributed by atoms with van der Waals surface area (Å²) >= 11 is 1.65. The molecule has 0 amide bonds. The van der Waals surface area contributed by atoms with Gasteiger partial charge in [0.2, 0.25) is 0 Å². The summed E-state index contributed by atoms with van der Waals surface area (Å²) in [5, 5.41) is 0. The van der Waals surface area contributed by atoms with E-state index in [9.17, 15) is 9.59 Å². The predicted molar refractivity (Wildman–Crippen MR) is 88.2 cm³/mol. The van der Waals surface area contributed by atoms with Gasteiger partial charge in [-0.2, -0.15) is 0 Å². The van der Waals surface area contributed by atoms with Crippen molar-refractivity contribution >= 4 is 23.3 Å². The molecule has 0 bridgehead atoms. The molecule has 0 saturated carbocycles. The first-order valence-corrected chi connectivity index (χ1v) is 8.00. The molecule has 1 aliphatic rings. The van der Waals surface area contributed by atoms with Gasteiger partial charge in [0.15, 0.2) is 5.78 Å². The number of hydrogen-bond acceptors (Lipinski definition) is 3. The molecule has 22 heavy (non-hydrogen) atoms. The van der Waals surface area contributed by atoms with Gasteiger partial charge in [-0.15, -0.1) is 0 Å². The fourth-order valence-electron chi connectivity index (χ4n) is 2.50. The Bertz CT molecular complexity index is 732. The molecule has 110 valence electrons. The van der Waals surface area contributed by atoms with Crippen molar-refractivity contribution in [3.63, 3.8) is 0 Å². The third-order valence-electron chi connectivity index (χ3n) is 3.97. The van der Waals surface area contributed by atoms with Crippen LogP contribution >= 0.6 is 11.8 Å². The van der Waals surface area contributed by atoms with Gasteiger partial charge in [0, 0.05) is 15.4 Å². The fraction of sp³-hybridized carbons (Fsp3) is 0.158. The quantitative estimate of drug-likeness (QED) is 0.461. The van der Waals surface area contributed by atoms with Gasteiger partial charge in [0.1, 0.15) is 11.2 Å². The van der Waals surface area contributed by atoms with Crippen LogP contribution in [0.5, 0.6) is 0 Å². The lowest BCUT2D eigenvalue weighted by molar-refractivity contribution is -0.122. The van der Waals surface area contributed by atoms with E-state index in [4.69, 9.17) is 0 Å². The Morgan fingerprint density at radius 3 is 2.05 bits per heavy atom. The minimum Gasteiger partial charge on any atom is -0.299 e. The largest absolute Gasteiger partial charge is 0.299 e. The second-order valence-electron chi connectivity index (χ2n) is 5.40. The maximum Gasteiger partial charge on any atom is 0.180 e. The van der Waals surface area contributed by atoms with Crippen LogP contribution in [-0.2, 0) is 4.79 Å². The highest BCUT2D eigenvalue weighted by atomic mass is 32.2. The zero-order valence-electron chi connectivity index (χ0n) is 12.3. The van der Waals surface area contributed by atoms with E-state index in [0.717, 1.165) is 9.79 Å². The zero-order valence-corrected chi connectivity index (χ0v) is 13.1. The lowest BCUT2D eigenvalue weighted by Gasteiger charge is -2.31. The summed E-state index contributed by atoms with van der Waals surface area (Å²) in [4.78, 5) is 26.6. The van der Waals surface area contributed by atoms with Gasteiger partial charge in [-0.1, -0.05) is 54.2 Å². The van der Waals surface area contributed by atoms with Gasteiger partial charge in [-0.05, 0) is 37.6 Å². The summed E-state index contributed by atoms with van der Waals surface area (Å²) in [6.07, 6.45) is 4.12. The first-order valence-electron chi connectivity index (χ1n) is 7.18. The zero-order chi connectivity index (χ0) is 15.6. The molecule has 0 aromatic heterocycles. The number of ketones is 2. The molecule has 0 fully saturated rings. The lowest BCUT2D eigenvalue weighted by Crippen LogP contribution is -2.39. The average molecular weight is 308 g/mol. The molecule has 0 aliphatic heterocycles. The number of carbonyl (C=O) groups is 2. The molecular weight excluding hydrogens is 292 g/mol. The van der Waals surface area contributed by atoms with Crippen LogP contribution in [0.3, 0.4) is 0 Å². The normalized spacial score (nSPS) is 19.5. The number of benzene rings is 2. The molecule has 2 aromatic rings. The Hall–Kier alpha value is -2.13. The van der Waals surface area contributed by atoms with Crippen molar-refractivity contribution in [2.75, 3.05) is 0 Å². The molecule has 1 atom stereocenters. The van der Waals surface area contributed by atoms with E-state index in [1.807, 2.05) is 60.7 Å². The number of hydrogen-bond donors (Lipinski definition) is 0. The lowest BCUT2D eigenvalue weighted by atomic mass is 9.68. The van der Waals surface area contributed by atoms with Crippen LogP contribution in [-0.4, -0.2) is 11.6 Å². The molecule has 3 heteroatoms. The van der Waals surface area contributed by atoms with E-state index >= 15 is 0 Å². The highest BCUT2D eigenvalue weighted by Gasteiger charge is 2.44. The molecule has 0 spiro atoms. The Morgan fingerprint density at radius 1 is 0.955 bits per heavy atom. The van der Waals surface area contributed by atoms with Crippen LogP contribution in [0.1, 0.15) is 23.7 Å². The van der Waals surface area contributed by atoms with Gasteiger partial charge < -0.3 is 0 Å². The fourth-order valence-corrected chi connectivity index (χ4v) is 3.34. The Labute approximate surface area is 134 Å². The van der Waals surface area contributed by atoms with Crippen molar-refractivity contribution in [2.24, 2.45) is 5.41 Å². The van der Waals surface area contributed by atoms with Gasteiger partial charge in [0.25, 0.3) is 0 Å². The second-order valence-corrected chi connectivity index (χ2v) is 6.55. The molecule has 3 rings (SSSR count). The molecular formula is C19H16O2S. The highest BCUT2D eigenvalue weighted by Crippen LogP contribution is 2.38. The maximum absolute atomic E-state index is 12.6. The Morgan fingerprint density at radius 2 is 1.55 bits per heavy atom. The molecule has 2 nitrogen and oxygen atoms in total. The van der Waals surface area contributed by atoms with E-state index in [1.54, 1.807) is 17.8 Å². The number of Topliss-reactive ketones (excluding diaryl/α,β-unsaturated/α-hetero) is 2. The van der Waals surface area contributed by atoms with Gasteiger partial charge in [-0.3, -0.25) is 9.59 Å². The predicted octanol–water partition coefficient (Wildman–Crippen LogP) is 4.56. The van der Waals surface area contributed by atoms with Crippen molar-refractivity contribution in [1.29, 1.82) is 0 Å². The van der Waals surface area contributed by atoms with Crippen molar-refractivity contribution in [3.05, 3.63) is 72.3 Å². The maximum atomic E-state index is 12.6. The van der Waals surface area contributed by atoms with Crippen molar-refractivity contribution in [2.45, 2.75) is 23.1 Å². The summed E-state index contributed by atoms with van der Waals surface area (Å²) < 4.78 is 0. The molecule has 0 heterocycles. The minimum absolute atomic E-state index is 0.0808. The number of rotatable bonds is 5. The van der Waals surface area contributed by atoms with Crippen LogP contribution in [0.15, 0.2) is 76.5 Å². The number of allylic oxidation sites excluding steroid dienone is 2. The van der Waals surface area contributed by atoms with E-state index in [0.29, 0.717) is 12.0 Å². The smallest absolute Gasteiger partial charge is 0.180 e. The van der Waals surface area contributed by atoms with E-state index in [-0.39, 0.29) is 11.6 Å². The standard InChI is InChI=1S/C19H16O2S/c1-14(20)19(12-5-13-19)18(21)15-8-10-17(11-9-15)22-16-6-3-2-4-7-16/h2-12H,13H2,1H3. The topological polar surface area (TPSA) is 34.1 Å². The minimum atomic E-state index is -0.923. The Kier molecular flexibility index (Phi) is 3.99. The van der Waals surface area contributed by atoms with Gasteiger partial charge in [0.05, 0.1) is 0 Å². The third-order valence-corrected chi connectivity index (χ3v) is 4.99. The van der Waals surface area contributed by atoms with Crippen LogP contribution in [0.4, 0.5) is 0 Å². The monoisotopic (exact) mass is 308 g/mol.